The highest BCUT2D eigenvalue weighted by Crippen LogP contribution is 2.21. The normalized spacial score (nSPS) is 27.6. The SMILES string of the molecule is CC1CN(CC(O)C(F)(F)F)CCO1. The van der Waals surface area contributed by atoms with Crippen molar-refractivity contribution in [2.75, 3.05) is 26.2 Å². The molecule has 0 bridgehead atoms. The first kappa shape index (κ1) is 11.7. The number of aliphatic hydroxyl groups is 1. The van der Waals surface area contributed by atoms with Gasteiger partial charge < -0.3 is 9.84 Å². The minimum absolute atomic E-state index is 0.0656. The zero-order valence-electron chi connectivity index (χ0n) is 7.92. The number of alkyl halides is 3. The van der Waals surface area contributed by atoms with Crippen molar-refractivity contribution in [2.45, 2.75) is 25.3 Å². The summed E-state index contributed by atoms with van der Waals surface area (Å²) < 4.78 is 41.2. The van der Waals surface area contributed by atoms with Gasteiger partial charge in [0.1, 0.15) is 0 Å². The molecule has 1 aliphatic rings. The molecule has 0 saturated carbocycles. The van der Waals surface area contributed by atoms with Gasteiger partial charge in [-0.25, -0.2) is 0 Å². The molecule has 0 aromatic heterocycles. The topological polar surface area (TPSA) is 32.7 Å². The molecule has 0 radical (unpaired) electrons. The molecule has 3 nitrogen and oxygen atoms in total. The van der Waals surface area contributed by atoms with Crippen molar-refractivity contribution >= 4 is 0 Å². The van der Waals surface area contributed by atoms with Crippen LogP contribution in [0.25, 0.3) is 0 Å². The second-order valence-electron chi connectivity index (χ2n) is 3.50. The molecule has 0 aromatic carbocycles. The molecule has 1 rings (SSSR count). The summed E-state index contributed by atoms with van der Waals surface area (Å²) in [7, 11) is 0. The molecule has 84 valence electrons. The van der Waals surface area contributed by atoms with E-state index in [-0.39, 0.29) is 12.6 Å². The minimum Gasteiger partial charge on any atom is -0.382 e. The fourth-order valence-corrected chi connectivity index (χ4v) is 1.40. The maximum Gasteiger partial charge on any atom is 0.415 e. The summed E-state index contributed by atoms with van der Waals surface area (Å²) in [5.41, 5.74) is 0. The number of rotatable bonds is 2. The molecule has 1 saturated heterocycles. The number of morpholine rings is 1. The molecule has 2 atom stereocenters. The van der Waals surface area contributed by atoms with Crippen LogP contribution in [-0.4, -0.2) is 54.6 Å². The largest absolute Gasteiger partial charge is 0.415 e. The summed E-state index contributed by atoms with van der Waals surface area (Å²) in [4.78, 5) is 1.56. The van der Waals surface area contributed by atoms with E-state index in [9.17, 15) is 13.2 Å². The number of halogens is 3. The van der Waals surface area contributed by atoms with Gasteiger partial charge in [-0.15, -0.1) is 0 Å². The first-order chi connectivity index (χ1) is 6.39. The van der Waals surface area contributed by atoms with Crippen molar-refractivity contribution in [3.63, 3.8) is 0 Å². The lowest BCUT2D eigenvalue weighted by Gasteiger charge is -2.32. The van der Waals surface area contributed by atoms with E-state index < -0.39 is 12.3 Å². The van der Waals surface area contributed by atoms with Crippen LogP contribution in [0.5, 0.6) is 0 Å². The van der Waals surface area contributed by atoms with Gasteiger partial charge >= 0.3 is 6.18 Å². The Morgan fingerprint density at radius 2 is 2.21 bits per heavy atom. The molecule has 1 heterocycles. The molecule has 1 fully saturated rings. The van der Waals surface area contributed by atoms with Crippen LogP contribution in [-0.2, 0) is 4.74 Å². The van der Waals surface area contributed by atoms with Gasteiger partial charge in [-0.3, -0.25) is 4.90 Å². The van der Waals surface area contributed by atoms with Gasteiger partial charge in [0, 0.05) is 19.6 Å². The highest BCUT2D eigenvalue weighted by atomic mass is 19.4. The van der Waals surface area contributed by atoms with Crippen molar-refractivity contribution < 1.29 is 23.0 Å². The molecule has 2 unspecified atom stereocenters. The van der Waals surface area contributed by atoms with Crippen LogP contribution in [0.15, 0.2) is 0 Å². The third-order valence-corrected chi connectivity index (χ3v) is 2.13. The Balaban J connectivity index is 2.36. The molecule has 0 aromatic rings. The molecule has 0 amide bonds. The van der Waals surface area contributed by atoms with Crippen molar-refractivity contribution in [3.05, 3.63) is 0 Å². The molecule has 1 N–H and O–H groups in total. The molecular weight excluding hydrogens is 199 g/mol. The molecule has 1 aliphatic heterocycles. The quantitative estimate of drug-likeness (QED) is 0.730. The highest BCUT2D eigenvalue weighted by Gasteiger charge is 2.39. The summed E-state index contributed by atoms with van der Waals surface area (Å²) in [6.45, 7) is 2.74. The van der Waals surface area contributed by atoms with Gasteiger partial charge in [0.05, 0.1) is 12.7 Å². The van der Waals surface area contributed by atoms with Crippen molar-refractivity contribution in [1.29, 1.82) is 0 Å². The Hall–Kier alpha value is -0.330. The minimum atomic E-state index is -4.53. The highest BCUT2D eigenvalue weighted by molar-refractivity contribution is 4.74. The van der Waals surface area contributed by atoms with Crippen LogP contribution in [0.4, 0.5) is 13.2 Å². The van der Waals surface area contributed by atoms with Gasteiger partial charge in [0.15, 0.2) is 6.10 Å². The number of hydrogen-bond donors (Lipinski definition) is 1. The maximum atomic E-state index is 12.0. The lowest BCUT2D eigenvalue weighted by Crippen LogP contribution is -2.47. The van der Waals surface area contributed by atoms with Crippen LogP contribution in [0, 0.1) is 0 Å². The first-order valence-corrected chi connectivity index (χ1v) is 4.48. The lowest BCUT2D eigenvalue weighted by atomic mass is 10.2. The van der Waals surface area contributed by atoms with E-state index in [0.29, 0.717) is 19.7 Å². The number of nitrogens with zero attached hydrogens (tertiary/aromatic N) is 1. The summed E-state index contributed by atoms with van der Waals surface area (Å²) in [6.07, 6.45) is -6.85. The zero-order valence-corrected chi connectivity index (χ0v) is 7.92. The smallest absolute Gasteiger partial charge is 0.382 e. The molecule has 0 spiro atoms. The summed E-state index contributed by atoms with van der Waals surface area (Å²) in [5.74, 6) is 0. The van der Waals surface area contributed by atoms with E-state index in [1.54, 1.807) is 11.8 Å². The number of hydrogen-bond acceptors (Lipinski definition) is 3. The second kappa shape index (κ2) is 4.46. The van der Waals surface area contributed by atoms with Crippen LogP contribution in [0.2, 0.25) is 0 Å². The van der Waals surface area contributed by atoms with E-state index >= 15 is 0 Å². The first-order valence-electron chi connectivity index (χ1n) is 4.48. The van der Waals surface area contributed by atoms with Crippen molar-refractivity contribution in [1.82, 2.24) is 4.90 Å². The standard InChI is InChI=1S/C8H14F3NO2/c1-6-4-12(2-3-14-6)5-7(13)8(9,10)11/h6-7,13H,2-5H2,1H3. The Kier molecular flexibility index (Phi) is 3.74. The van der Waals surface area contributed by atoms with Crippen LogP contribution < -0.4 is 0 Å². The average Bonchev–Trinajstić information content (AvgIpc) is 2.02. The third kappa shape index (κ3) is 3.43. The van der Waals surface area contributed by atoms with Gasteiger partial charge in [0.2, 0.25) is 0 Å². The summed E-state index contributed by atoms with van der Waals surface area (Å²) in [6, 6.07) is 0. The second-order valence-corrected chi connectivity index (χ2v) is 3.50. The van der Waals surface area contributed by atoms with E-state index in [4.69, 9.17) is 9.84 Å². The monoisotopic (exact) mass is 213 g/mol. The van der Waals surface area contributed by atoms with Crippen LogP contribution >= 0.6 is 0 Å². The predicted octanol–water partition coefficient (Wildman–Crippen LogP) is 0.630. The van der Waals surface area contributed by atoms with Crippen molar-refractivity contribution in [2.24, 2.45) is 0 Å². The number of β-amino-alcohol motifs (C(OH)–C–C–N with tert-alkyl or cyclic N) is 1. The number of aliphatic hydroxyl groups excluding tert-OH is 1. The third-order valence-electron chi connectivity index (χ3n) is 2.13. The Morgan fingerprint density at radius 1 is 1.57 bits per heavy atom. The Labute approximate surface area is 80.5 Å². The number of ether oxygens (including phenoxy) is 1. The van der Waals surface area contributed by atoms with Crippen LogP contribution in [0.3, 0.4) is 0 Å². The lowest BCUT2D eigenvalue weighted by molar-refractivity contribution is -0.210. The molecule has 0 aliphatic carbocycles. The zero-order chi connectivity index (χ0) is 10.8. The average molecular weight is 213 g/mol. The van der Waals surface area contributed by atoms with E-state index in [2.05, 4.69) is 0 Å². The molecular formula is C8H14F3NO2. The van der Waals surface area contributed by atoms with E-state index in [1.807, 2.05) is 0 Å². The maximum absolute atomic E-state index is 12.0. The Bertz CT molecular complexity index is 186. The van der Waals surface area contributed by atoms with E-state index in [0.717, 1.165) is 0 Å². The van der Waals surface area contributed by atoms with Crippen LogP contribution in [0.1, 0.15) is 6.92 Å². The fourth-order valence-electron chi connectivity index (χ4n) is 1.40. The van der Waals surface area contributed by atoms with Gasteiger partial charge in [-0.2, -0.15) is 13.2 Å². The summed E-state index contributed by atoms with van der Waals surface area (Å²) >= 11 is 0. The molecule has 6 heteroatoms. The molecule has 14 heavy (non-hydrogen) atoms. The fraction of sp³-hybridized carbons (Fsp3) is 1.00. The van der Waals surface area contributed by atoms with Gasteiger partial charge in [-0.1, -0.05) is 0 Å². The predicted molar refractivity (Wildman–Crippen MR) is 43.9 cm³/mol. The van der Waals surface area contributed by atoms with E-state index in [1.165, 1.54) is 0 Å². The van der Waals surface area contributed by atoms with Gasteiger partial charge in [0.25, 0.3) is 0 Å². The van der Waals surface area contributed by atoms with Gasteiger partial charge in [-0.05, 0) is 6.92 Å². The Morgan fingerprint density at radius 3 is 2.71 bits per heavy atom. The van der Waals surface area contributed by atoms with Crippen molar-refractivity contribution in [3.8, 4) is 0 Å². The summed E-state index contributed by atoms with van der Waals surface area (Å²) in [5, 5.41) is 8.82.